The molecule has 0 spiro atoms. The van der Waals surface area contributed by atoms with Crippen molar-refractivity contribution >= 4 is 0 Å². The van der Waals surface area contributed by atoms with Gasteiger partial charge in [0.2, 0.25) is 0 Å². The molecular formula is C10H20O. The SMILES string of the molecule is CCCC/C=C\CC(C)CO. The topological polar surface area (TPSA) is 20.2 Å². The summed E-state index contributed by atoms with van der Waals surface area (Å²) in [6.07, 6.45) is 9.14. The van der Waals surface area contributed by atoms with Crippen LogP contribution in [0.25, 0.3) is 0 Å². The van der Waals surface area contributed by atoms with E-state index in [1.54, 1.807) is 0 Å². The summed E-state index contributed by atoms with van der Waals surface area (Å²) in [5, 5.41) is 8.70. The largest absolute Gasteiger partial charge is 0.396 e. The van der Waals surface area contributed by atoms with Crippen LogP contribution < -0.4 is 0 Å². The third-order valence-electron chi connectivity index (χ3n) is 1.74. The average Bonchev–Trinajstić information content (AvgIpc) is 2.04. The Morgan fingerprint density at radius 3 is 2.64 bits per heavy atom. The maximum atomic E-state index is 8.70. The smallest absolute Gasteiger partial charge is 0.0459 e. The first-order valence-electron chi connectivity index (χ1n) is 4.57. The van der Waals surface area contributed by atoms with Crippen molar-refractivity contribution in [2.24, 2.45) is 5.92 Å². The number of aliphatic hydroxyl groups excluding tert-OH is 1. The van der Waals surface area contributed by atoms with Crippen LogP contribution in [0.5, 0.6) is 0 Å². The van der Waals surface area contributed by atoms with Gasteiger partial charge in [0, 0.05) is 6.61 Å². The van der Waals surface area contributed by atoms with E-state index in [-0.39, 0.29) is 0 Å². The number of rotatable bonds is 6. The van der Waals surface area contributed by atoms with E-state index in [2.05, 4.69) is 26.0 Å². The van der Waals surface area contributed by atoms with Crippen molar-refractivity contribution < 1.29 is 5.11 Å². The highest BCUT2D eigenvalue weighted by Crippen LogP contribution is 2.02. The van der Waals surface area contributed by atoms with Gasteiger partial charge < -0.3 is 5.11 Å². The molecule has 0 aromatic rings. The first-order valence-corrected chi connectivity index (χ1v) is 4.57. The molecule has 0 radical (unpaired) electrons. The van der Waals surface area contributed by atoms with Gasteiger partial charge >= 0.3 is 0 Å². The molecule has 0 amide bonds. The quantitative estimate of drug-likeness (QED) is 0.463. The first-order chi connectivity index (χ1) is 5.31. The fourth-order valence-electron chi connectivity index (χ4n) is 0.843. The van der Waals surface area contributed by atoms with Crippen molar-refractivity contribution in [2.75, 3.05) is 6.61 Å². The minimum absolute atomic E-state index is 0.304. The Morgan fingerprint density at radius 1 is 1.36 bits per heavy atom. The molecule has 1 N–H and O–H groups in total. The van der Waals surface area contributed by atoms with Crippen LogP contribution >= 0.6 is 0 Å². The maximum absolute atomic E-state index is 8.70. The molecule has 0 aliphatic heterocycles. The van der Waals surface area contributed by atoms with Crippen LogP contribution in [0.2, 0.25) is 0 Å². The fraction of sp³-hybridized carbons (Fsp3) is 0.800. The summed E-state index contributed by atoms with van der Waals surface area (Å²) in [4.78, 5) is 0. The summed E-state index contributed by atoms with van der Waals surface area (Å²) in [5.41, 5.74) is 0. The van der Waals surface area contributed by atoms with E-state index in [0.717, 1.165) is 6.42 Å². The summed E-state index contributed by atoms with van der Waals surface area (Å²) in [6, 6.07) is 0. The van der Waals surface area contributed by atoms with Gasteiger partial charge in [0.15, 0.2) is 0 Å². The molecule has 0 fully saturated rings. The standard InChI is InChI=1S/C10H20O/c1-3-4-5-6-7-8-10(2)9-11/h6-7,10-11H,3-5,8-9H2,1-2H3/b7-6-. The number of hydrogen-bond acceptors (Lipinski definition) is 1. The normalized spacial score (nSPS) is 14.1. The minimum Gasteiger partial charge on any atom is -0.396 e. The van der Waals surface area contributed by atoms with Gasteiger partial charge in [-0.15, -0.1) is 0 Å². The Labute approximate surface area is 70.1 Å². The van der Waals surface area contributed by atoms with E-state index in [4.69, 9.17) is 5.11 Å². The lowest BCUT2D eigenvalue weighted by atomic mass is 10.1. The van der Waals surface area contributed by atoms with E-state index in [1.165, 1.54) is 19.3 Å². The fourth-order valence-corrected chi connectivity index (χ4v) is 0.843. The van der Waals surface area contributed by atoms with Crippen molar-refractivity contribution in [2.45, 2.75) is 39.5 Å². The summed E-state index contributed by atoms with van der Waals surface area (Å²) in [7, 11) is 0. The molecule has 0 bridgehead atoms. The van der Waals surface area contributed by atoms with E-state index < -0.39 is 0 Å². The van der Waals surface area contributed by atoms with Crippen LogP contribution in [-0.2, 0) is 0 Å². The summed E-state index contributed by atoms with van der Waals surface area (Å²) < 4.78 is 0. The molecule has 0 rings (SSSR count). The third-order valence-corrected chi connectivity index (χ3v) is 1.74. The number of hydrogen-bond donors (Lipinski definition) is 1. The molecule has 1 unspecified atom stereocenters. The molecule has 1 heteroatoms. The number of allylic oxidation sites excluding steroid dienone is 2. The van der Waals surface area contributed by atoms with Gasteiger partial charge in [0.1, 0.15) is 0 Å². The van der Waals surface area contributed by atoms with Crippen LogP contribution in [-0.4, -0.2) is 11.7 Å². The number of aliphatic hydroxyl groups is 1. The molecule has 0 aliphatic carbocycles. The molecule has 1 atom stereocenters. The van der Waals surface area contributed by atoms with Gasteiger partial charge in [-0.05, 0) is 18.8 Å². The van der Waals surface area contributed by atoms with Crippen molar-refractivity contribution in [1.82, 2.24) is 0 Å². The van der Waals surface area contributed by atoms with Crippen LogP contribution in [0.1, 0.15) is 39.5 Å². The Morgan fingerprint density at radius 2 is 2.09 bits per heavy atom. The Bertz CT molecular complexity index is 97.0. The minimum atomic E-state index is 0.304. The lowest BCUT2D eigenvalue weighted by Crippen LogP contribution is -1.97. The van der Waals surface area contributed by atoms with Gasteiger partial charge in [0.05, 0.1) is 0 Å². The lowest BCUT2D eigenvalue weighted by molar-refractivity contribution is 0.239. The third kappa shape index (κ3) is 7.60. The zero-order chi connectivity index (χ0) is 8.53. The van der Waals surface area contributed by atoms with Crippen molar-refractivity contribution in [3.05, 3.63) is 12.2 Å². The van der Waals surface area contributed by atoms with Gasteiger partial charge in [-0.25, -0.2) is 0 Å². The predicted molar refractivity (Wildman–Crippen MR) is 49.5 cm³/mol. The van der Waals surface area contributed by atoms with E-state index >= 15 is 0 Å². The Kier molecular flexibility index (Phi) is 7.59. The molecule has 0 heterocycles. The Hall–Kier alpha value is -0.300. The highest BCUT2D eigenvalue weighted by atomic mass is 16.3. The molecule has 0 aromatic heterocycles. The van der Waals surface area contributed by atoms with Crippen molar-refractivity contribution in [3.63, 3.8) is 0 Å². The molecule has 0 saturated heterocycles. The lowest BCUT2D eigenvalue weighted by Gasteiger charge is -2.01. The summed E-state index contributed by atoms with van der Waals surface area (Å²) in [5.74, 6) is 0.424. The first kappa shape index (κ1) is 10.7. The summed E-state index contributed by atoms with van der Waals surface area (Å²) in [6.45, 7) is 4.56. The molecule has 0 aromatic carbocycles. The number of unbranched alkanes of at least 4 members (excludes halogenated alkanes) is 2. The molecule has 0 saturated carbocycles. The van der Waals surface area contributed by atoms with E-state index in [1.807, 2.05) is 0 Å². The predicted octanol–water partition coefficient (Wildman–Crippen LogP) is 2.75. The van der Waals surface area contributed by atoms with Gasteiger partial charge in [-0.1, -0.05) is 38.8 Å². The van der Waals surface area contributed by atoms with Crippen LogP contribution in [0, 0.1) is 5.92 Å². The molecule has 0 aliphatic rings. The van der Waals surface area contributed by atoms with Crippen LogP contribution in [0.3, 0.4) is 0 Å². The van der Waals surface area contributed by atoms with Crippen molar-refractivity contribution in [1.29, 1.82) is 0 Å². The monoisotopic (exact) mass is 156 g/mol. The molecular weight excluding hydrogens is 136 g/mol. The maximum Gasteiger partial charge on any atom is 0.0459 e. The molecule has 11 heavy (non-hydrogen) atoms. The zero-order valence-electron chi connectivity index (χ0n) is 7.71. The second-order valence-corrected chi connectivity index (χ2v) is 3.14. The second kappa shape index (κ2) is 7.80. The average molecular weight is 156 g/mol. The van der Waals surface area contributed by atoms with Gasteiger partial charge in [-0.2, -0.15) is 0 Å². The van der Waals surface area contributed by atoms with E-state index in [0.29, 0.717) is 12.5 Å². The second-order valence-electron chi connectivity index (χ2n) is 3.14. The molecule has 66 valence electrons. The highest BCUT2D eigenvalue weighted by Gasteiger charge is 1.93. The highest BCUT2D eigenvalue weighted by molar-refractivity contribution is 4.82. The van der Waals surface area contributed by atoms with Crippen molar-refractivity contribution in [3.8, 4) is 0 Å². The van der Waals surface area contributed by atoms with E-state index in [9.17, 15) is 0 Å². The molecule has 1 nitrogen and oxygen atoms in total. The van der Waals surface area contributed by atoms with Gasteiger partial charge in [0.25, 0.3) is 0 Å². The summed E-state index contributed by atoms with van der Waals surface area (Å²) >= 11 is 0. The van der Waals surface area contributed by atoms with Crippen LogP contribution in [0.4, 0.5) is 0 Å². The Balaban J connectivity index is 3.15. The van der Waals surface area contributed by atoms with Gasteiger partial charge in [-0.3, -0.25) is 0 Å². The zero-order valence-corrected chi connectivity index (χ0v) is 7.71. The van der Waals surface area contributed by atoms with Crippen LogP contribution in [0.15, 0.2) is 12.2 Å².